The van der Waals surface area contributed by atoms with Gasteiger partial charge in [0.2, 0.25) is 0 Å². The molecule has 1 saturated carbocycles. The lowest BCUT2D eigenvalue weighted by Crippen LogP contribution is -2.45. The Morgan fingerprint density at radius 2 is 2.21 bits per heavy atom. The molecule has 4 N–H and O–H groups in total. The molecule has 0 radical (unpaired) electrons. The highest BCUT2D eigenvalue weighted by Crippen LogP contribution is 2.31. The number of oxime groups is 1. The van der Waals surface area contributed by atoms with Gasteiger partial charge in [0.1, 0.15) is 5.92 Å². The van der Waals surface area contributed by atoms with Crippen molar-refractivity contribution in [2.45, 2.75) is 43.7 Å². The zero-order valence-corrected chi connectivity index (χ0v) is 11.6. The first-order valence-corrected chi connectivity index (χ1v) is 7.32. The normalized spacial score (nSPS) is 26.6. The number of nitrogens with one attached hydrogen (secondary N) is 1. The largest absolute Gasteiger partial charge is 0.409 e. The van der Waals surface area contributed by atoms with Gasteiger partial charge in [-0.25, -0.2) is 0 Å². The quantitative estimate of drug-likeness (QED) is 0.304. The molecule has 0 saturated heterocycles. The van der Waals surface area contributed by atoms with Gasteiger partial charge in [0.25, 0.3) is 0 Å². The summed E-state index contributed by atoms with van der Waals surface area (Å²) in [5.41, 5.74) is 5.10. The van der Waals surface area contributed by atoms with Crippen LogP contribution < -0.4 is 11.1 Å². The maximum absolute atomic E-state index is 12.7. The molecule has 112 valence electrons. The van der Waals surface area contributed by atoms with Gasteiger partial charge in [-0.2, -0.15) is 24.9 Å². The van der Waals surface area contributed by atoms with Gasteiger partial charge >= 0.3 is 6.18 Å². The SMILES string of the molecule is CCSC1CCC(NCC(C(N)=NO)C(F)(F)F)C1. The van der Waals surface area contributed by atoms with Gasteiger partial charge in [0.05, 0.1) is 0 Å². The predicted octanol–water partition coefficient (Wildman–Crippen LogP) is 2.18. The molecule has 0 aromatic rings. The van der Waals surface area contributed by atoms with E-state index in [-0.39, 0.29) is 12.6 Å². The van der Waals surface area contributed by atoms with Gasteiger partial charge in [-0.1, -0.05) is 12.1 Å². The molecule has 3 atom stereocenters. The topological polar surface area (TPSA) is 70.6 Å². The van der Waals surface area contributed by atoms with E-state index in [9.17, 15) is 13.2 Å². The lowest BCUT2D eigenvalue weighted by atomic mass is 10.1. The molecule has 0 spiro atoms. The molecule has 3 unspecified atom stereocenters. The number of nitrogens with zero attached hydrogens (tertiary/aromatic N) is 1. The summed E-state index contributed by atoms with van der Waals surface area (Å²) in [6, 6.07) is 0.0837. The summed E-state index contributed by atoms with van der Waals surface area (Å²) in [5, 5.41) is 14.3. The van der Waals surface area contributed by atoms with Crippen LogP contribution in [0, 0.1) is 5.92 Å². The van der Waals surface area contributed by atoms with E-state index in [0.29, 0.717) is 5.25 Å². The highest BCUT2D eigenvalue weighted by molar-refractivity contribution is 7.99. The van der Waals surface area contributed by atoms with E-state index in [4.69, 9.17) is 10.9 Å². The van der Waals surface area contributed by atoms with Crippen LogP contribution in [0.4, 0.5) is 13.2 Å². The average Bonchev–Trinajstić information content (AvgIpc) is 2.75. The summed E-state index contributed by atoms with van der Waals surface area (Å²) < 4.78 is 38.1. The third-order valence-corrected chi connectivity index (χ3v) is 4.50. The molecular weight excluding hydrogens is 279 g/mol. The second-order valence-corrected chi connectivity index (χ2v) is 6.19. The first-order valence-electron chi connectivity index (χ1n) is 6.27. The zero-order chi connectivity index (χ0) is 14.5. The van der Waals surface area contributed by atoms with Crippen LogP contribution in [-0.2, 0) is 0 Å². The Bertz CT molecular complexity index is 312. The second kappa shape index (κ2) is 7.23. The van der Waals surface area contributed by atoms with Crippen LogP contribution in [-0.4, -0.2) is 40.8 Å². The van der Waals surface area contributed by atoms with Crippen LogP contribution in [0.5, 0.6) is 0 Å². The first kappa shape index (κ1) is 16.4. The molecule has 0 amide bonds. The smallest absolute Gasteiger partial charge is 0.400 e. The molecule has 1 aliphatic rings. The van der Waals surface area contributed by atoms with E-state index in [2.05, 4.69) is 17.4 Å². The van der Waals surface area contributed by atoms with Crippen molar-refractivity contribution >= 4 is 17.6 Å². The van der Waals surface area contributed by atoms with E-state index in [1.54, 1.807) is 0 Å². The molecule has 8 heteroatoms. The third kappa shape index (κ3) is 5.10. The maximum Gasteiger partial charge on any atom is 0.400 e. The average molecular weight is 299 g/mol. The number of hydrogen-bond acceptors (Lipinski definition) is 4. The van der Waals surface area contributed by atoms with Crippen molar-refractivity contribution in [3.8, 4) is 0 Å². The van der Waals surface area contributed by atoms with Crippen LogP contribution in [0.2, 0.25) is 0 Å². The van der Waals surface area contributed by atoms with Crippen LogP contribution >= 0.6 is 11.8 Å². The van der Waals surface area contributed by atoms with E-state index in [0.717, 1.165) is 25.0 Å². The zero-order valence-electron chi connectivity index (χ0n) is 10.8. The fourth-order valence-corrected chi connectivity index (χ4v) is 3.40. The molecule has 1 fully saturated rings. The number of alkyl halides is 3. The monoisotopic (exact) mass is 299 g/mol. The molecule has 1 aliphatic carbocycles. The van der Waals surface area contributed by atoms with Crippen molar-refractivity contribution < 1.29 is 18.4 Å². The van der Waals surface area contributed by atoms with Crippen molar-refractivity contribution in [3.63, 3.8) is 0 Å². The van der Waals surface area contributed by atoms with Crippen molar-refractivity contribution in [2.24, 2.45) is 16.8 Å². The van der Waals surface area contributed by atoms with E-state index >= 15 is 0 Å². The molecule has 4 nitrogen and oxygen atoms in total. The highest BCUT2D eigenvalue weighted by atomic mass is 32.2. The standard InChI is InChI=1S/C11H20F3N3OS/c1-2-19-8-4-3-7(5-8)16-6-9(10(15)17-18)11(12,13)14/h7-9,16,18H,2-6H2,1H3,(H2,15,17). The van der Waals surface area contributed by atoms with Crippen molar-refractivity contribution in [3.05, 3.63) is 0 Å². The summed E-state index contributed by atoms with van der Waals surface area (Å²) in [4.78, 5) is 0. The predicted molar refractivity (Wildman–Crippen MR) is 70.5 cm³/mol. The molecular formula is C11H20F3N3OS. The molecule has 0 aromatic carbocycles. The first-order chi connectivity index (χ1) is 8.88. The Kier molecular flexibility index (Phi) is 6.25. The molecule has 0 bridgehead atoms. The van der Waals surface area contributed by atoms with Crippen molar-refractivity contribution in [1.29, 1.82) is 0 Å². The van der Waals surface area contributed by atoms with E-state index in [1.807, 2.05) is 11.8 Å². The molecule has 0 aromatic heterocycles. The van der Waals surface area contributed by atoms with Crippen LogP contribution in [0.15, 0.2) is 5.16 Å². The van der Waals surface area contributed by atoms with Crippen molar-refractivity contribution in [1.82, 2.24) is 5.32 Å². The fraction of sp³-hybridized carbons (Fsp3) is 0.909. The molecule has 19 heavy (non-hydrogen) atoms. The second-order valence-electron chi connectivity index (χ2n) is 4.61. The maximum atomic E-state index is 12.7. The minimum Gasteiger partial charge on any atom is -0.409 e. The number of rotatable bonds is 6. The van der Waals surface area contributed by atoms with Gasteiger partial charge in [0, 0.05) is 17.8 Å². The van der Waals surface area contributed by atoms with E-state index < -0.39 is 17.9 Å². The number of amidine groups is 1. The highest BCUT2D eigenvalue weighted by Gasteiger charge is 2.43. The molecule has 0 aliphatic heterocycles. The Morgan fingerprint density at radius 1 is 1.53 bits per heavy atom. The number of halogens is 3. The van der Waals surface area contributed by atoms with Gasteiger partial charge < -0.3 is 16.3 Å². The number of hydrogen-bond donors (Lipinski definition) is 3. The number of nitrogens with two attached hydrogens (primary N) is 1. The van der Waals surface area contributed by atoms with Crippen molar-refractivity contribution in [2.75, 3.05) is 12.3 Å². The van der Waals surface area contributed by atoms with Crippen LogP contribution in [0.3, 0.4) is 0 Å². The Balaban J connectivity index is 2.45. The summed E-state index contributed by atoms with van der Waals surface area (Å²) in [5.74, 6) is -1.71. The fourth-order valence-electron chi connectivity index (χ4n) is 2.25. The summed E-state index contributed by atoms with van der Waals surface area (Å²) in [6.45, 7) is 1.73. The minimum absolute atomic E-state index is 0.0837. The number of thioether (sulfide) groups is 1. The lowest BCUT2D eigenvalue weighted by molar-refractivity contribution is -0.155. The third-order valence-electron chi connectivity index (χ3n) is 3.27. The Morgan fingerprint density at radius 3 is 2.74 bits per heavy atom. The van der Waals surface area contributed by atoms with E-state index in [1.165, 1.54) is 0 Å². The summed E-state index contributed by atoms with van der Waals surface area (Å²) >= 11 is 1.84. The van der Waals surface area contributed by atoms with Crippen LogP contribution in [0.25, 0.3) is 0 Å². The Labute approximate surface area is 115 Å². The van der Waals surface area contributed by atoms with Gasteiger partial charge in [-0.3, -0.25) is 0 Å². The molecule has 0 heterocycles. The van der Waals surface area contributed by atoms with Gasteiger partial charge in [-0.15, -0.1) is 0 Å². The summed E-state index contributed by atoms with van der Waals surface area (Å²) in [7, 11) is 0. The summed E-state index contributed by atoms with van der Waals surface area (Å²) in [6.07, 6.45) is -1.73. The minimum atomic E-state index is -4.50. The van der Waals surface area contributed by atoms with Gasteiger partial charge in [0.15, 0.2) is 5.84 Å². The van der Waals surface area contributed by atoms with Crippen LogP contribution in [0.1, 0.15) is 26.2 Å². The van der Waals surface area contributed by atoms with Gasteiger partial charge in [-0.05, 0) is 25.0 Å². The Hall–Kier alpha value is -0.630. The lowest BCUT2D eigenvalue weighted by Gasteiger charge is -2.21. The molecule has 1 rings (SSSR count).